The SMILES string of the molecule is Cn1/c(=N\N=C\c2n(CCCCS(=O)(=O)O)cc[n+]2C)sc2ccccc21. The largest absolute Gasteiger partial charge is 0.318 e. The molecule has 0 unspecified atom stereocenters. The normalized spacial score (nSPS) is 13.2. The Morgan fingerprint density at radius 3 is 2.81 bits per heavy atom. The average Bonchev–Trinajstić information content (AvgIpc) is 3.12. The number of para-hydroxylation sites is 1. The third-order valence-electron chi connectivity index (χ3n) is 4.21. The van der Waals surface area contributed by atoms with Gasteiger partial charge in [-0.15, -0.1) is 10.2 Å². The van der Waals surface area contributed by atoms with Gasteiger partial charge >= 0.3 is 5.82 Å². The lowest BCUT2D eigenvalue weighted by molar-refractivity contribution is -0.671. The average molecular weight is 409 g/mol. The zero-order chi connectivity index (χ0) is 19.4. The van der Waals surface area contributed by atoms with Crippen LogP contribution in [0.3, 0.4) is 0 Å². The Morgan fingerprint density at radius 2 is 2.07 bits per heavy atom. The van der Waals surface area contributed by atoms with E-state index in [9.17, 15) is 8.42 Å². The van der Waals surface area contributed by atoms with E-state index in [-0.39, 0.29) is 5.75 Å². The minimum Gasteiger partial charge on any atom is -0.318 e. The van der Waals surface area contributed by atoms with Gasteiger partial charge in [0.2, 0.25) is 4.80 Å². The first-order valence-corrected chi connectivity index (χ1v) is 10.9. The van der Waals surface area contributed by atoms with E-state index in [2.05, 4.69) is 16.3 Å². The number of aryl methyl sites for hydroxylation is 3. The standard InChI is InChI=1S/C17H21N5O3S2/c1-20-10-11-22(9-5-6-12-27(23,24)25)16(20)13-18-19-17-21(2)14-7-3-4-8-15(14)26-17/h3-4,7-8,10-11,13H,5-6,9,12H2,1-2H3/p+1. The predicted octanol–water partition coefficient (Wildman–Crippen LogP) is 1.47. The first kappa shape index (κ1) is 19.5. The van der Waals surface area contributed by atoms with E-state index < -0.39 is 10.1 Å². The molecular formula is C17H22N5O3S2+. The fourth-order valence-electron chi connectivity index (χ4n) is 2.76. The Kier molecular flexibility index (Phi) is 5.88. The first-order chi connectivity index (χ1) is 12.8. The monoisotopic (exact) mass is 408 g/mol. The highest BCUT2D eigenvalue weighted by Gasteiger charge is 2.12. The molecule has 0 atom stereocenters. The van der Waals surface area contributed by atoms with Gasteiger partial charge in [-0.2, -0.15) is 8.42 Å². The number of nitrogens with zero attached hydrogens (tertiary/aromatic N) is 5. The number of benzene rings is 1. The van der Waals surface area contributed by atoms with Crippen molar-refractivity contribution < 1.29 is 17.5 Å². The third kappa shape index (κ3) is 4.90. The second-order valence-corrected chi connectivity index (χ2v) is 8.79. The van der Waals surface area contributed by atoms with Crippen LogP contribution >= 0.6 is 11.3 Å². The number of fused-ring (bicyclic) bond motifs is 1. The number of rotatable bonds is 7. The van der Waals surface area contributed by atoms with E-state index in [0.717, 1.165) is 20.8 Å². The van der Waals surface area contributed by atoms with Gasteiger partial charge in [-0.05, 0) is 25.0 Å². The Balaban J connectivity index is 1.75. The molecule has 2 heterocycles. The fraction of sp³-hybridized carbons (Fsp3) is 0.353. The van der Waals surface area contributed by atoms with Crippen LogP contribution in [0.2, 0.25) is 0 Å². The topological polar surface area (TPSA) is 92.8 Å². The molecule has 10 heteroatoms. The van der Waals surface area contributed by atoms with Gasteiger partial charge in [0.25, 0.3) is 10.1 Å². The molecule has 2 aromatic heterocycles. The highest BCUT2D eigenvalue weighted by molar-refractivity contribution is 7.85. The summed E-state index contributed by atoms with van der Waals surface area (Å²) in [5.74, 6) is 0.635. The van der Waals surface area contributed by atoms with Gasteiger partial charge in [-0.25, -0.2) is 9.13 Å². The van der Waals surface area contributed by atoms with Crippen molar-refractivity contribution in [3.63, 3.8) is 0 Å². The molecule has 0 aliphatic carbocycles. The molecule has 144 valence electrons. The molecule has 27 heavy (non-hydrogen) atoms. The van der Waals surface area contributed by atoms with Crippen LogP contribution < -0.4 is 9.37 Å². The minimum atomic E-state index is -3.90. The fourth-order valence-corrected chi connectivity index (χ4v) is 4.31. The quantitative estimate of drug-likeness (QED) is 0.211. The molecule has 0 aliphatic heterocycles. The molecule has 0 fully saturated rings. The Labute approximate surface area is 161 Å². The van der Waals surface area contributed by atoms with Crippen LogP contribution in [0.25, 0.3) is 10.2 Å². The van der Waals surface area contributed by atoms with Gasteiger partial charge in [0.15, 0.2) is 0 Å². The number of hydrogen-bond donors (Lipinski definition) is 1. The van der Waals surface area contributed by atoms with Crippen molar-refractivity contribution in [1.29, 1.82) is 0 Å². The molecule has 3 rings (SSSR count). The van der Waals surface area contributed by atoms with Gasteiger partial charge in [-0.3, -0.25) is 4.55 Å². The molecule has 0 bridgehead atoms. The van der Waals surface area contributed by atoms with Crippen molar-refractivity contribution in [2.24, 2.45) is 24.3 Å². The van der Waals surface area contributed by atoms with Crippen LogP contribution in [0.5, 0.6) is 0 Å². The zero-order valence-corrected chi connectivity index (χ0v) is 16.8. The number of hydrogen-bond acceptors (Lipinski definition) is 5. The highest BCUT2D eigenvalue weighted by atomic mass is 32.2. The number of aromatic nitrogens is 3. The summed E-state index contributed by atoms with van der Waals surface area (Å²) in [5, 5.41) is 8.58. The van der Waals surface area contributed by atoms with E-state index in [1.54, 1.807) is 17.6 Å². The van der Waals surface area contributed by atoms with E-state index in [1.165, 1.54) is 0 Å². The van der Waals surface area contributed by atoms with Crippen LogP contribution in [0.4, 0.5) is 0 Å². The zero-order valence-electron chi connectivity index (χ0n) is 15.2. The molecule has 0 aliphatic rings. The Bertz CT molecular complexity index is 1140. The van der Waals surface area contributed by atoms with Gasteiger partial charge in [0.05, 0.1) is 29.6 Å². The second kappa shape index (κ2) is 8.15. The van der Waals surface area contributed by atoms with Gasteiger partial charge in [0.1, 0.15) is 18.6 Å². The number of thiazole rings is 1. The minimum absolute atomic E-state index is 0.221. The number of unbranched alkanes of at least 4 members (excludes halogenated alkanes) is 1. The van der Waals surface area contributed by atoms with Crippen molar-refractivity contribution >= 4 is 37.9 Å². The molecule has 1 aromatic carbocycles. The van der Waals surface area contributed by atoms with Crippen LogP contribution in [0.1, 0.15) is 18.7 Å². The summed E-state index contributed by atoms with van der Waals surface area (Å²) in [4.78, 5) is 0.807. The molecule has 3 aromatic rings. The highest BCUT2D eigenvalue weighted by Crippen LogP contribution is 2.15. The smallest absolute Gasteiger partial charge is 0.301 e. The number of imidazole rings is 1. The summed E-state index contributed by atoms with van der Waals surface area (Å²) < 4.78 is 37.4. The summed E-state index contributed by atoms with van der Waals surface area (Å²) >= 11 is 1.58. The predicted molar refractivity (Wildman–Crippen MR) is 105 cm³/mol. The molecule has 1 N–H and O–H groups in total. The van der Waals surface area contributed by atoms with Crippen LogP contribution in [-0.2, 0) is 30.8 Å². The molecule has 0 saturated carbocycles. The first-order valence-electron chi connectivity index (χ1n) is 8.47. The van der Waals surface area contributed by atoms with Gasteiger partial charge < -0.3 is 4.57 Å². The maximum Gasteiger partial charge on any atom is 0.301 e. The van der Waals surface area contributed by atoms with Gasteiger partial charge in [-0.1, -0.05) is 23.5 Å². The summed E-state index contributed by atoms with van der Waals surface area (Å²) in [7, 11) is -0.0250. The molecule has 0 saturated heterocycles. The van der Waals surface area contributed by atoms with E-state index in [4.69, 9.17) is 4.55 Å². The Morgan fingerprint density at radius 1 is 1.30 bits per heavy atom. The van der Waals surface area contributed by atoms with E-state index in [0.29, 0.717) is 19.4 Å². The third-order valence-corrected chi connectivity index (χ3v) is 6.12. The summed E-state index contributed by atoms with van der Waals surface area (Å²) in [6.45, 7) is 0.633. The van der Waals surface area contributed by atoms with Gasteiger partial charge in [0, 0.05) is 7.05 Å². The van der Waals surface area contributed by atoms with Crippen molar-refractivity contribution in [2.45, 2.75) is 19.4 Å². The lowest BCUT2D eigenvalue weighted by Crippen LogP contribution is -2.32. The lowest BCUT2D eigenvalue weighted by Gasteiger charge is -1.99. The van der Waals surface area contributed by atoms with Crippen molar-refractivity contribution in [3.05, 3.63) is 47.3 Å². The van der Waals surface area contributed by atoms with Crippen LogP contribution in [0, 0.1) is 0 Å². The van der Waals surface area contributed by atoms with Crippen molar-refractivity contribution in [2.75, 3.05) is 5.75 Å². The summed E-state index contributed by atoms with van der Waals surface area (Å²) in [6.07, 6.45) is 6.54. The molecule has 8 nitrogen and oxygen atoms in total. The second-order valence-electron chi connectivity index (χ2n) is 6.21. The van der Waals surface area contributed by atoms with Crippen LogP contribution in [-0.4, -0.2) is 34.1 Å². The van der Waals surface area contributed by atoms with Crippen molar-refractivity contribution in [3.8, 4) is 0 Å². The molecular weight excluding hydrogens is 386 g/mol. The van der Waals surface area contributed by atoms with Crippen LogP contribution in [0.15, 0.2) is 46.9 Å². The molecule has 0 amide bonds. The van der Waals surface area contributed by atoms with Crippen molar-refractivity contribution in [1.82, 2.24) is 9.13 Å². The maximum atomic E-state index is 10.8. The lowest BCUT2D eigenvalue weighted by atomic mass is 10.3. The summed E-state index contributed by atoms with van der Waals surface area (Å²) in [6, 6.07) is 8.10. The van der Waals surface area contributed by atoms with E-state index >= 15 is 0 Å². The van der Waals surface area contributed by atoms with E-state index in [1.807, 2.05) is 58.4 Å². The molecule has 0 spiro atoms. The maximum absolute atomic E-state index is 10.8. The summed E-state index contributed by atoms with van der Waals surface area (Å²) in [5.41, 5.74) is 1.12. The molecule has 0 radical (unpaired) electrons. The Hall–Kier alpha value is -2.30.